The fourth-order valence-electron chi connectivity index (χ4n) is 1.49. The Bertz CT molecular complexity index is 173. The lowest BCUT2D eigenvalue weighted by Gasteiger charge is -2.34. The number of nitrogens with zero attached hydrogens (tertiary/aromatic N) is 1. The van der Waals surface area contributed by atoms with Gasteiger partial charge in [-0.05, 0) is 6.42 Å². The summed E-state index contributed by atoms with van der Waals surface area (Å²) in [6.07, 6.45) is 2.14. The van der Waals surface area contributed by atoms with Crippen molar-refractivity contribution >= 4 is 5.91 Å². The fraction of sp³-hybridized carbons (Fsp3) is 0.889. The summed E-state index contributed by atoms with van der Waals surface area (Å²) >= 11 is 0. The molecule has 1 rings (SSSR count). The zero-order valence-corrected chi connectivity index (χ0v) is 8.16. The molecule has 1 aliphatic rings. The van der Waals surface area contributed by atoms with Gasteiger partial charge in [-0.1, -0.05) is 13.3 Å². The van der Waals surface area contributed by atoms with E-state index in [0.29, 0.717) is 13.2 Å². The topological polar surface area (TPSA) is 55.6 Å². The van der Waals surface area contributed by atoms with E-state index in [0.717, 1.165) is 19.4 Å². The van der Waals surface area contributed by atoms with Crippen LogP contribution in [0, 0.1) is 0 Å². The molecule has 0 aromatic carbocycles. The summed E-state index contributed by atoms with van der Waals surface area (Å²) in [7, 11) is 0. The number of hydrogen-bond donors (Lipinski definition) is 1. The van der Waals surface area contributed by atoms with Crippen LogP contribution in [-0.2, 0) is 9.53 Å². The molecule has 4 heteroatoms. The molecule has 4 nitrogen and oxygen atoms in total. The minimum absolute atomic E-state index is 0.0788. The van der Waals surface area contributed by atoms with E-state index in [1.807, 2.05) is 4.90 Å². The molecule has 0 aliphatic carbocycles. The van der Waals surface area contributed by atoms with Gasteiger partial charge >= 0.3 is 0 Å². The summed E-state index contributed by atoms with van der Waals surface area (Å²) in [5.74, 6) is 0.0788. The Kier molecular flexibility index (Phi) is 4.18. The number of carbonyl (C=O) groups excluding carboxylic acids is 1. The van der Waals surface area contributed by atoms with Crippen LogP contribution in [0.15, 0.2) is 0 Å². The molecule has 0 aromatic rings. The maximum atomic E-state index is 11.4. The van der Waals surface area contributed by atoms with Crippen molar-refractivity contribution in [3.8, 4) is 0 Å². The normalized spacial score (nSPS) is 23.7. The molecule has 2 N–H and O–H groups in total. The molecule has 76 valence electrons. The van der Waals surface area contributed by atoms with Crippen LogP contribution in [0.25, 0.3) is 0 Å². The monoisotopic (exact) mass is 186 g/mol. The van der Waals surface area contributed by atoms with Crippen molar-refractivity contribution in [1.82, 2.24) is 4.90 Å². The van der Waals surface area contributed by atoms with E-state index < -0.39 is 0 Å². The van der Waals surface area contributed by atoms with Crippen LogP contribution in [0.1, 0.15) is 19.8 Å². The molecule has 1 amide bonds. The Morgan fingerprint density at radius 1 is 1.69 bits per heavy atom. The second-order valence-corrected chi connectivity index (χ2v) is 3.35. The molecule has 0 radical (unpaired) electrons. The first-order valence-electron chi connectivity index (χ1n) is 4.86. The molecule has 1 atom stereocenters. The van der Waals surface area contributed by atoms with E-state index in [1.54, 1.807) is 0 Å². The molecule has 0 bridgehead atoms. The molecule has 1 saturated heterocycles. The lowest BCUT2D eigenvalue weighted by molar-refractivity contribution is -0.147. The highest BCUT2D eigenvalue weighted by atomic mass is 16.5. The molecule has 0 saturated carbocycles. The largest absolute Gasteiger partial charge is 0.369 e. The van der Waals surface area contributed by atoms with Gasteiger partial charge in [0.1, 0.15) is 6.61 Å². The number of unbranched alkanes of at least 4 members (excludes halogenated alkanes) is 1. The average molecular weight is 186 g/mol. The SMILES string of the molecule is CCCCN1C(=O)COCC1CN. The first kappa shape index (κ1) is 10.5. The third-order valence-electron chi connectivity index (χ3n) is 2.32. The minimum Gasteiger partial charge on any atom is -0.369 e. The first-order chi connectivity index (χ1) is 6.29. The Labute approximate surface area is 79.0 Å². The van der Waals surface area contributed by atoms with Gasteiger partial charge in [0.25, 0.3) is 0 Å². The summed E-state index contributed by atoms with van der Waals surface area (Å²) in [6, 6.07) is 0.0906. The van der Waals surface area contributed by atoms with Crippen molar-refractivity contribution in [2.45, 2.75) is 25.8 Å². The fourth-order valence-corrected chi connectivity index (χ4v) is 1.49. The Morgan fingerprint density at radius 3 is 3.08 bits per heavy atom. The smallest absolute Gasteiger partial charge is 0.248 e. The first-order valence-corrected chi connectivity index (χ1v) is 4.86. The molecular formula is C9H18N2O2. The van der Waals surface area contributed by atoms with Gasteiger partial charge < -0.3 is 15.4 Å². The van der Waals surface area contributed by atoms with Crippen LogP contribution in [0.3, 0.4) is 0 Å². The van der Waals surface area contributed by atoms with Gasteiger partial charge in [0.15, 0.2) is 0 Å². The number of morpholine rings is 1. The predicted octanol–water partition coefficient (Wildman–Crippen LogP) is -0.0274. The van der Waals surface area contributed by atoms with Gasteiger partial charge in [-0.25, -0.2) is 0 Å². The zero-order valence-electron chi connectivity index (χ0n) is 8.16. The summed E-state index contributed by atoms with van der Waals surface area (Å²) in [4.78, 5) is 13.3. The third-order valence-corrected chi connectivity index (χ3v) is 2.32. The van der Waals surface area contributed by atoms with Crippen LogP contribution in [-0.4, -0.2) is 43.2 Å². The molecule has 1 unspecified atom stereocenters. The van der Waals surface area contributed by atoms with Crippen molar-refractivity contribution in [3.63, 3.8) is 0 Å². The Hall–Kier alpha value is -0.610. The number of nitrogens with two attached hydrogens (primary N) is 1. The van der Waals surface area contributed by atoms with Crippen molar-refractivity contribution in [2.24, 2.45) is 5.73 Å². The lowest BCUT2D eigenvalue weighted by Crippen LogP contribution is -2.52. The molecule has 1 aliphatic heterocycles. The molecule has 0 spiro atoms. The van der Waals surface area contributed by atoms with Crippen LogP contribution >= 0.6 is 0 Å². The van der Waals surface area contributed by atoms with Crippen LogP contribution in [0.2, 0.25) is 0 Å². The summed E-state index contributed by atoms with van der Waals surface area (Å²) < 4.78 is 5.12. The maximum Gasteiger partial charge on any atom is 0.248 e. The van der Waals surface area contributed by atoms with E-state index in [1.165, 1.54) is 0 Å². The summed E-state index contributed by atoms with van der Waals surface area (Å²) in [5.41, 5.74) is 5.55. The Balaban J connectivity index is 2.46. The highest BCUT2D eigenvalue weighted by Gasteiger charge is 2.26. The van der Waals surface area contributed by atoms with Crippen molar-refractivity contribution < 1.29 is 9.53 Å². The number of hydrogen-bond acceptors (Lipinski definition) is 3. The number of carbonyl (C=O) groups is 1. The van der Waals surface area contributed by atoms with Gasteiger partial charge in [-0.3, -0.25) is 4.79 Å². The predicted molar refractivity (Wildman–Crippen MR) is 50.3 cm³/mol. The van der Waals surface area contributed by atoms with Crippen molar-refractivity contribution in [2.75, 3.05) is 26.3 Å². The Morgan fingerprint density at radius 2 is 2.46 bits per heavy atom. The number of amides is 1. The summed E-state index contributed by atoms with van der Waals surface area (Å²) in [6.45, 7) is 4.24. The van der Waals surface area contributed by atoms with Gasteiger partial charge in [0, 0.05) is 13.1 Å². The van der Waals surface area contributed by atoms with E-state index in [-0.39, 0.29) is 18.6 Å². The van der Waals surface area contributed by atoms with Gasteiger partial charge in [0.05, 0.1) is 12.6 Å². The number of ether oxygens (including phenoxy) is 1. The molecule has 0 aromatic heterocycles. The standard InChI is InChI=1S/C9H18N2O2/c1-2-3-4-11-8(5-10)6-13-7-9(11)12/h8H,2-7,10H2,1H3. The second-order valence-electron chi connectivity index (χ2n) is 3.35. The third kappa shape index (κ3) is 2.67. The highest BCUT2D eigenvalue weighted by Crippen LogP contribution is 2.08. The van der Waals surface area contributed by atoms with E-state index >= 15 is 0 Å². The second kappa shape index (κ2) is 5.19. The molecule has 13 heavy (non-hydrogen) atoms. The quantitative estimate of drug-likeness (QED) is 0.671. The average Bonchev–Trinajstić information content (AvgIpc) is 2.15. The lowest BCUT2D eigenvalue weighted by atomic mass is 10.2. The molecule has 1 heterocycles. The van der Waals surface area contributed by atoms with Crippen LogP contribution in [0.4, 0.5) is 0 Å². The van der Waals surface area contributed by atoms with Crippen LogP contribution in [0.5, 0.6) is 0 Å². The summed E-state index contributed by atoms with van der Waals surface area (Å²) in [5, 5.41) is 0. The van der Waals surface area contributed by atoms with Gasteiger partial charge in [-0.15, -0.1) is 0 Å². The maximum absolute atomic E-state index is 11.4. The van der Waals surface area contributed by atoms with Crippen molar-refractivity contribution in [1.29, 1.82) is 0 Å². The number of rotatable bonds is 4. The highest BCUT2D eigenvalue weighted by molar-refractivity contribution is 5.78. The van der Waals surface area contributed by atoms with Crippen LogP contribution < -0.4 is 5.73 Å². The zero-order chi connectivity index (χ0) is 9.68. The van der Waals surface area contributed by atoms with Gasteiger partial charge in [0.2, 0.25) is 5.91 Å². The minimum atomic E-state index is 0.0788. The van der Waals surface area contributed by atoms with E-state index in [4.69, 9.17) is 10.5 Å². The van der Waals surface area contributed by atoms with E-state index in [2.05, 4.69) is 6.92 Å². The van der Waals surface area contributed by atoms with E-state index in [9.17, 15) is 4.79 Å². The van der Waals surface area contributed by atoms with Crippen molar-refractivity contribution in [3.05, 3.63) is 0 Å². The van der Waals surface area contributed by atoms with Gasteiger partial charge in [-0.2, -0.15) is 0 Å². The molecule has 1 fully saturated rings. The molecular weight excluding hydrogens is 168 g/mol.